The van der Waals surface area contributed by atoms with Crippen molar-refractivity contribution in [2.24, 2.45) is 17.8 Å². The third kappa shape index (κ3) is 3.29. The van der Waals surface area contributed by atoms with Crippen molar-refractivity contribution < 1.29 is 28.2 Å². The van der Waals surface area contributed by atoms with Crippen molar-refractivity contribution in [1.82, 2.24) is 9.97 Å². The van der Waals surface area contributed by atoms with Crippen LogP contribution < -0.4 is 9.80 Å². The van der Waals surface area contributed by atoms with E-state index in [1.54, 1.807) is 11.8 Å². The summed E-state index contributed by atoms with van der Waals surface area (Å²) in [5, 5.41) is 18.7. The summed E-state index contributed by atoms with van der Waals surface area (Å²) in [6.07, 6.45) is -4.97. The Balaban J connectivity index is 1.66. The number of anilines is 2. The van der Waals surface area contributed by atoms with Crippen LogP contribution in [0.25, 0.3) is 0 Å². The van der Waals surface area contributed by atoms with Crippen LogP contribution in [0.5, 0.6) is 0 Å². The molecule has 1 aromatic heterocycles. The van der Waals surface area contributed by atoms with Crippen LogP contribution in [0.2, 0.25) is 0 Å². The molecule has 11 heteroatoms. The van der Waals surface area contributed by atoms with Crippen LogP contribution in [0.3, 0.4) is 0 Å². The van der Waals surface area contributed by atoms with Gasteiger partial charge in [0, 0.05) is 25.1 Å². The van der Waals surface area contributed by atoms with Crippen molar-refractivity contribution in [3.8, 4) is 0 Å². The van der Waals surface area contributed by atoms with Crippen LogP contribution in [0.4, 0.5) is 24.9 Å². The van der Waals surface area contributed by atoms with E-state index in [9.17, 15) is 23.1 Å². The molecule has 3 aliphatic rings. The lowest BCUT2D eigenvalue weighted by atomic mass is 10.1. The van der Waals surface area contributed by atoms with Gasteiger partial charge in [-0.3, -0.25) is 4.79 Å². The fourth-order valence-corrected chi connectivity index (χ4v) is 5.09. The highest BCUT2D eigenvalue weighted by atomic mass is 127. The van der Waals surface area contributed by atoms with Gasteiger partial charge in [0.05, 0.1) is 6.54 Å². The number of hydrogen-bond acceptors (Lipinski definition) is 6. The third-order valence-electron chi connectivity index (χ3n) is 5.93. The molecular formula is C17H20F3IN4O3. The Hall–Kier alpha value is -1.37. The zero-order chi connectivity index (χ0) is 20.4. The number of β-amino-alcohol motifs (C(OH)–C–C–N with tert-alkyl or cyclic N) is 1. The predicted octanol–water partition coefficient (Wildman–Crippen LogP) is 2.16. The molecule has 5 atom stereocenters. The molecule has 0 aromatic carbocycles. The Morgan fingerprint density at radius 2 is 1.89 bits per heavy atom. The number of carboxylic acid groups (broad SMARTS) is 1. The Labute approximate surface area is 173 Å². The molecule has 7 nitrogen and oxygen atoms in total. The van der Waals surface area contributed by atoms with Crippen LogP contribution in [-0.4, -0.2) is 55.9 Å². The van der Waals surface area contributed by atoms with Gasteiger partial charge in [-0.1, -0.05) is 29.5 Å². The topological polar surface area (TPSA) is 89.8 Å². The molecule has 0 radical (unpaired) electrons. The van der Waals surface area contributed by atoms with E-state index in [0.29, 0.717) is 13.1 Å². The Morgan fingerprint density at radius 1 is 1.25 bits per heavy atom. The van der Waals surface area contributed by atoms with E-state index in [2.05, 4.69) is 9.97 Å². The summed E-state index contributed by atoms with van der Waals surface area (Å²) in [6.45, 7) is 2.87. The molecule has 2 saturated heterocycles. The Morgan fingerprint density at radius 3 is 2.36 bits per heavy atom. The lowest BCUT2D eigenvalue weighted by Gasteiger charge is -2.42. The fraction of sp³-hybridized carbons (Fsp3) is 0.706. The van der Waals surface area contributed by atoms with Gasteiger partial charge >= 0.3 is 12.1 Å². The maximum Gasteiger partial charge on any atom is 0.433 e. The minimum absolute atomic E-state index is 0.0214. The van der Waals surface area contributed by atoms with Crippen LogP contribution >= 0.6 is 22.6 Å². The summed E-state index contributed by atoms with van der Waals surface area (Å²) in [5.41, 5.74) is -0.860. The number of hydrogen-bond donors (Lipinski definition) is 2. The molecule has 4 rings (SSSR count). The molecule has 1 aromatic rings. The molecule has 28 heavy (non-hydrogen) atoms. The first-order valence-corrected chi connectivity index (χ1v) is 10.4. The highest BCUT2D eigenvalue weighted by Gasteiger charge is 2.57. The second-order valence-electron chi connectivity index (χ2n) is 7.61. The van der Waals surface area contributed by atoms with Gasteiger partial charge in [-0.25, -0.2) is 4.98 Å². The van der Waals surface area contributed by atoms with Crippen LogP contribution in [-0.2, 0) is 17.4 Å². The molecule has 0 amide bonds. The summed E-state index contributed by atoms with van der Waals surface area (Å²) in [4.78, 5) is 22.6. The number of aromatic nitrogens is 2. The molecule has 2 aliphatic heterocycles. The first-order valence-electron chi connectivity index (χ1n) is 9.15. The first-order chi connectivity index (χ1) is 13.1. The lowest BCUT2D eigenvalue weighted by Crippen LogP contribution is -2.57. The summed E-state index contributed by atoms with van der Waals surface area (Å²) in [5.74, 6) is -0.0915. The zero-order valence-corrected chi connectivity index (χ0v) is 17.2. The summed E-state index contributed by atoms with van der Waals surface area (Å²) in [7, 11) is 0. The van der Waals surface area contributed by atoms with E-state index in [1.807, 2.05) is 27.5 Å². The predicted molar refractivity (Wildman–Crippen MR) is 103 cm³/mol. The third-order valence-corrected chi connectivity index (χ3v) is 7.44. The second-order valence-corrected chi connectivity index (χ2v) is 8.89. The normalized spacial score (nSPS) is 31.6. The summed E-state index contributed by atoms with van der Waals surface area (Å²) in [6, 6.07) is 0. The Bertz CT molecular complexity index is 797. The van der Waals surface area contributed by atoms with Gasteiger partial charge in [-0.05, 0) is 24.2 Å². The standard InChI is InChI=1S/C17H20F3IN4O3/c1-2-7-13(17(18,19)20)22-16(25-6-11(26)14(25)21)23-15(7)24-4-9-8(3-12(27)28)10(9)5-24/h8-11,14,26H,2-6H2,1H3,(H,27,28)/t8-,9-,10+,11-,14-/m1/s1. The van der Waals surface area contributed by atoms with Crippen molar-refractivity contribution in [1.29, 1.82) is 0 Å². The van der Waals surface area contributed by atoms with E-state index >= 15 is 0 Å². The van der Waals surface area contributed by atoms with E-state index in [1.165, 1.54) is 0 Å². The number of alkyl halides is 4. The van der Waals surface area contributed by atoms with Gasteiger partial charge in [0.1, 0.15) is 16.0 Å². The number of nitrogens with zero attached hydrogens (tertiary/aromatic N) is 4. The molecular weight excluding hydrogens is 492 g/mol. The van der Waals surface area contributed by atoms with Crippen molar-refractivity contribution in [3.63, 3.8) is 0 Å². The fourth-order valence-electron chi connectivity index (χ4n) is 4.39. The van der Waals surface area contributed by atoms with E-state index in [4.69, 9.17) is 5.11 Å². The number of aliphatic hydroxyl groups is 1. The number of carboxylic acids is 1. The highest BCUT2D eigenvalue weighted by molar-refractivity contribution is 14.1. The Kier molecular flexibility index (Phi) is 4.88. The number of piperidine rings is 1. The monoisotopic (exact) mass is 512 g/mol. The van der Waals surface area contributed by atoms with Crippen LogP contribution in [0.15, 0.2) is 0 Å². The van der Waals surface area contributed by atoms with Crippen molar-refractivity contribution >= 4 is 40.3 Å². The van der Waals surface area contributed by atoms with Gasteiger partial charge in [0.15, 0.2) is 5.69 Å². The minimum atomic E-state index is -4.60. The first kappa shape index (κ1) is 19.9. The average Bonchev–Trinajstić information content (AvgIpc) is 3.05. The smallest absolute Gasteiger partial charge is 0.433 e. The maximum atomic E-state index is 13.7. The van der Waals surface area contributed by atoms with E-state index in [-0.39, 0.29) is 58.5 Å². The van der Waals surface area contributed by atoms with Gasteiger partial charge < -0.3 is 20.0 Å². The molecule has 0 unspecified atom stereocenters. The van der Waals surface area contributed by atoms with Crippen molar-refractivity contribution in [3.05, 3.63) is 11.3 Å². The molecule has 3 heterocycles. The molecule has 2 N–H and O–H groups in total. The molecule has 0 bridgehead atoms. The van der Waals surface area contributed by atoms with E-state index in [0.717, 1.165) is 0 Å². The second kappa shape index (κ2) is 6.85. The number of aliphatic carboxylic acids is 1. The highest BCUT2D eigenvalue weighted by Crippen LogP contribution is 2.54. The van der Waals surface area contributed by atoms with E-state index < -0.39 is 23.9 Å². The lowest BCUT2D eigenvalue weighted by molar-refractivity contribution is -0.142. The SMILES string of the molecule is CCc1c(N2C[C@@H]3[C@@H](CC(=O)O)[C@@H]3C2)nc(N2C[C@@H](O)[C@@H]2I)nc1C(F)(F)F. The van der Waals surface area contributed by atoms with Crippen molar-refractivity contribution in [2.75, 3.05) is 29.4 Å². The molecule has 1 saturated carbocycles. The molecule has 0 spiro atoms. The summed E-state index contributed by atoms with van der Waals surface area (Å²) < 4.78 is 40.7. The number of aliphatic hydroxyl groups excluding tert-OH is 1. The van der Waals surface area contributed by atoms with Gasteiger partial charge in [0.2, 0.25) is 5.95 Å². The largest absolute Gasteiger partial charge is 0.481 e. The maximum absolute atomic E-state index is 13.7. The minimum Gasteiger partial charge on any atom is -0.481 e. The number of fused-ring (bicyclic) bond motifs is 1. The van der Waals surface area contributed by atoms with Gasteiger partial charge in [-0.15, -0.1) is 0 Å². The average molecular weight is 512 g/mol. The van der Waals surface area contributed by atoms with Crippen LogP contribution in [0, 0.1) is 17.8 Å². The van der Waals surface area contributed by atoms with Crippen molar-refractivity contribution in [2.45, 2.75) is 36.1 Å². The zero-order valence-electron chi connectivity index (χ0n) is 15.0. The van der Waals surface area contributed by atoms with Gasteiger partial charge in [-0.2, -0.15) is 18.2 Å². The van der Waals surface area contributed by atoms with Crippen LogP contribution in [0.1, 0.15) is 24.6 Å². The molecule has 1 aliphatic carbocycles. The quantitative estimate of drug-likeness (QED) is 0.355. The number of halogens is 4. The van der Waals surface area contributed by atoms with Gasteiger partial charge in [0.25, 0.3) is 0 Å². The molecule has 3 fully saturated rings. The number of carbonyl (C=O) groups is 1. The molecule has 154 valence electrons. The summed E-state index contributed by atoms with van der Waals surface area (Å²) >= 11 is 1.96. The number of rotatable bonds is 5.